The first-order valence-corrected chi connectivity index (χ1v) is 9.56. The fourth-order valence-corrected chi connectivity index (χ4v) is 3.71. The van der Waals surface area contributed by atoms with E-state index in [2.05, 4.69) is 38.6 Å². The van der Waals surface area contributed by atoms with Crippen LogP contribution in [-0.2, 0) is 6.42 Å². The Bertz CT molecular complexity index is 991. The van der Waals surface area contributed by atoms with E-state index in [0.29, 0.717) is 10.0 Å². The van der Waals surface area contributed by atoms with Gasteiger partial charge in [-0.15, -0.1) is 15.3 Å². The van der Waals surface area contributed by atoms with E-state index >= 15 is 0 Å². The molecular formula is C19H20Cl2N6. The monoisotopic (exact) mass is 402 g/mol. The smallest absolute Gasteiger partial charge is 0.177 e. The first kappa shape index (κ1) is 18.1. The van der Waals surface area contributed by atoms with E-state index < -0.39 is 0 Å². The number of rotatable bonds is 4. The molecule has 3 heterocycles. The van der Waals surface area contributed by atoms with Gasteiger partial charge in [-0.2, -0.15) is 4.52 Å². The zero-order chi connectivity index (χ0) is 19.0. The molecule has 0 spiro atoms. The lowest BCUT2D eigenvalue weighted by molar-refractivity contribution is 0.315. The highest BCUT2D eigenvalue weighted by Crippen LogP contribution is 2.25. The second-order valence-corrected chi connectivity index (χ2v) is 7.56. The molecule has 0 saturated carbocycles. The zero-order valence-corrected chi connectivity index (χ0v) is 16.6. The second kappa shape index (κ2) is 7.37. The quantitative estimate of drug-likeness (QED) is 0.666. The standard InChI is InChI=1S/C19H20Cl2N6/c1-13-9-18-23-22-12-27(18)24-19(13)26-7-5-25(6-8-26)14(2)10-15-3-4-16(20)17(21)11-15/h3-4,9,11-12H,2,5-8,10H2,1H3. The lowest BCUT2D eigenvalue weighted by Gasteiger charge is -2.38. The number of nitrogens with zero attached hydrogens (tertiary/aromatic N) is 6. The lowest BCUT2D eigenvalue weighted by Crippen LogP contribution is -2.46. The molecule has 3 aromatic rings. The third-order valence-electron chi connectivity index (χ3n) is 4.88. The third-order valence-corrected chi connectivity index (χ3v) is 5.61. The number of aryl methyl sites for hydroxylation is 1. The molecule has 8 heteroatoms. The summed E-state index contributed by atoms with van der Waals surface area (Å²) >= 11 is 12.1. The number of benzene rings is 1. The van der Waals surface area contributed by atoms with E-state index in [1.54, 1.807) is 10.8 Å². The molecule has 0 N–H and O–H groups in total. The van der Waals surface area contributed by atoms with Crippen molar-refractivity contribution in [3.8, 4) is 0 Å². The molecule has 1 aromatic carbocycles. The number of hydrogen-bond donors (Lipinski definition) is 0. The molecule has 1 fully saturated rings. The molecule has 0 atom stereocenters. The largest absolute Gasteiger partial charge is 0.371 e. The first-order valence-electron chi connectivity index (χ1n) is 8.80. The molecule has 1 saturated heterocycles. The number of hydrogen-bond acceptors (Lipinski definition) is 5. The van der Waals surface area contributed by atoms with Crippen LogP contribution in [0.5, 0.6) is 0 Å². The maximum atomic E-state index is 6.12. The van der Waals surface area contributed by atoms with Crippen LogP contribution in [0.4, 0.5) is 5.82 Å². The average Bonchev–Trinajstić information content (AvgIpc) is 3.11. The summed E-state index contributed by atoms with van der Waals surface area (Å²) in [6.07, 6.45) is 2.40. The van der Waals surface area contributed by atoms with Gasteiger partial charge in [0.1, 0.15) is 6.33 Å². The highest BCUT2D eigenvalue weighted by molar-refractivity contribution is 6.42. The lowest BCUT2D eigenvalue weighted by atomic mass is 10.1. The van der Waals surface area contributed by atoms with Crippen LogP contribution < -0.4 is 4.90 Å². The Morgan fingerprint density at radius 2 is 1.89 bits per heavy atom. The first-order chi connectivity index (χ1) is 13.0. The molecule has 4 rings (SSSR count). The minimum atomic E-state index is 0.576. The van der Waals surface area contributed by atoms with Gasteiger partial charge in [-0.25, -0.2) is 0 Å². The fourth-order valence-electron chi connectivity index (χ4n) is 3.39. The maximum Gasteiger partial charge on any atom is 0.177 e. The SMILES string of the molecule is C=C(Cc1ccc(Cl)c(Cl)c1)N1CCN(c2nn3cnnc3cc2C)CC1. The Kier molecular flexibility index (Phi) is 4.93. The number of allylic oxidation sites excluding steroid dienone is 1. The van der Waals surface area contributed by atoms with Crippen molar-refractivity contribution >= 4 is 34.7 Å². The Balaban J connectivity index is 1.41. The molecule has 27 heavy (non-hydrogen) atoms. The summed E-state index contributed by atoms with van der Waals surface area (Å²) in [5.74, 6) is 0.983. The predicted octanol–water partition coefficient (Wildman–Crippen LogP) is 3.62. The summed E-state index contributed by atoms with van der Waals surface area (Å²) < 4.78 is 1.72. The number of fused-ring (bicyclic) bond motifs is 1. The normalized spacial score (nSPS) is 14.8. The maximum absolute atomic E-state index is 6.12. The van der Waals surface area contributed by atoms with Crippen molar-refractivity contribution in [2.75, 3.05) is 31.1 Å². The van der Waals surface area contributed by atoms with E-state index in [4.69, 9.17) is 23.2 Å². The molecule has 1 aliphatic rings. The third kappa shape index (κ3) is 3.73. The van der Waals surface area contributed by atoms with E-state index in [0.717, 1.165) is 60.9 Å². The summed E-state index contributed by atoms with van der Waals surface area (Å²) in [5, 5.41) is 13.8. The van der Waals surface area contributed by atoms with Crippen molar-refractivity contribution in [3.05, 3.63) is 64.0 Å². The van der Waals surface area contributed by atoms with E-state index in [-0.39, 0.29) is 0 Å². The fraction of sp³-hybridized carbons (Fsp3) is 0.316. The summed E-state index contributed by atoms with van der Waals surface area (Å²) in [6, 6.07) is 7.76. The van der Waals surface area contributed by atoms with Gasteiger partial charge < -0.3 is 9.80 Å². The van der Waals surface area contributed by atoms with E-state index in [1.165, 1.54) is 0 Å². The summed E-state index contributed by atoms with van der Waals surface area (Å²) in [5.41, 5.74) is 4.09. The van der Waals surface area contributed by atoms with Gasteiger partial charge in [-0.3, -0.25) is 0 Å². The van der Waals surface area contributed by atoms with Crippen molar-refractivity contribution in [1.82, 2.24) is 24.7 Å². The second-order valence-electron chi connectivity index (χ2n) is 6.75. The van der Waals surface area contributed by atoms with Crippen molar-refractivity contribution in [2.45, 2.75) is 13.3 Å². The van der Waals surface area contributed by atoms with Crippen molar-refractivity contribution < 1.29 is 0 Å². The number of halogens is 2. The van der Waals surface area contributed by atoms with Gasteiger partial charge in [0.15, 0.2) is 11.5 Å². The highest BCUT2D eigenvalue weighted by Gasteiger charge is 2.21. The van der Waals surface area contributed by atoms with Crippen LogP contribution in [0.15, 0.2) is 42.9 Å². The van der Waals surface area contributed by atoms with Crippen LogP contribution in [0.1, 0.15) is 11.1 Å². The van der Waals surface area contributed by atoms with Crippen LogP contribution >= 0.6 is 23.2 Å². The number of piperazine rings is 1. The van der Waals surface area contributed by atoms with Crippen LogP contribution in [0.2, 0.25) is 10.0 Å². The molecule has 1 aliphatic heterocycles. The molecule has 6 nitrogen and oxygen atoms in total. The van der Waals surface area contributed by atoms with Gasteiger partial charge in [-0.1, -0.05) is 35.8 Å². The van der Waals surface area contributed by atoms with E-state index in [1.807, 2.05) is 24.3 Å². The zero-order valence-electron chi connectivity index (χ0n) is 15.1. The topological polar surface area (TPSA) is 49.6 Å². The Morgan fingerprint density at radius 3 is 2.63 bits per heavy atom. The van der Waals surface area contributed by atoms with Crippen LogP contribution in [0.25, 0.3) is 5.65 Å². The number of anilines is 1. The van der Waals surface area contributed by atoms with Crippen LogP contribution in [-0.4, -0.2) is 50.9 Å². The number of aromatic nitrogens is 4. The van der Waals surface area contributed by atoms with Crippen LogP contribution in [0, 0.1) is 6.92 Å². The van der Waals surface area contributed by atoms with Crippen molar-refractivity contribution in [3.63, 3.8) is 0 Å². The minimum Gasteiger partial charge on any atom is -0.371 e. The Hall–Kier alpha value is -2.31. The summed E-state index contributed by atoms with van der Waals surface area (Å²) in [4.78, 5) is 4.63. The Morgan fingerprint density at radius 1 is 1.11 bits per heavy atom. The Labute approximate surface area is 168 Å². The van der Waals surface area contributed by atoms with Gasteiger partial charge in [0.2, 0.25) is 0 Å². The van der Waals surface area contributed by atoms with Gasteiger partial charge in [0, 0.05) is 38.3 Å². The molecule has 0 aliphatic carbocycles. The summed E-state index contributed by atoms with van der Waals surface area (Å²) in [6.45, 7) is 9.92. The van der Waals surface area contributed by atoms with E-state index in [9.17, 15) is 0 Å². The molecule has 140 valence electrons. The summed E-state index contributed by atoms with van der Waals surface area (Å²) in [7, 11) is 0. The molecule has 2 aromatic heterocycles. The molecule has 0 unspecified atom stereocenters. The van der Waals surface area contributed by atoms with Crippen molar-refractivity contribution in [2.24, 2.45) is 0 Å². The van der Waals surface area contributed by atoms with Gasteiger partial charge in [0.25, 0.3) is 0 Å². The minimum absolute atomic E-state index is 0.576. The highest BCUT2D eigenvalue weighted by atomic mass is 35.5. The predicted molar refractivity (Wildman–Crippen MR) is 109 cm³/mol. The molecule has 0 bridgehead atoms. The molecule has 0 radical (unpaired) electrons. The van der Waals surface area contributed by atoms with Crippen molar-refractivity contribution in [1.29, 1.82) is 0 Å². The van der Waals surface area contributed by atoms with Gasteiger partial charge in [-0.05, 0) is 36.2 Å². The van der Waals surface area contributed by atoms with Gasteiger partial charge >= 0.3 is 0 Å². The van der Waals surface area contributed by atoms with Crippen LogP contribution in [0.3, 0.4) is 0 Å². The molecule has 0 amide bonds. The van der Waals surface area contributed by atoms with Gasteiger partial charge in [0.05, 0.1) is 10.0 Å². The molecular weight excluding hydrogens is 383 g/mol. The average molecular weight is 403 g/mol.